The van der Waals surface area contributed by atoms with Crippen molar-refractivity contribution in [2.24, 2.45) is 0 Å². The van der Waals surface area contributed by atoms with Gasteiger partial charge in [0.05, 0.1) is 31.5 Å². The lowest BCUT2D eigenvalue weighted by Gasteiger charge is -2.38. The zero-order valence-electron chi connectivity index (χ0n) is 35.9. The fourth-order valence-corrected chi connectivity index (χ4v) is 5.46. The summed E-state index contributed by atoms with van der Waals surface area (Å²) in [7, 11) is 0. The number of rotatable bonds is 21. The standard InChI is InChI=1S/C37H54N4O19S/c1-19(56-32(46)20(2)54-25(7)42)31(45)53-18-28(44)41(37(9,10)11)16-27(17-52-30-29(38-61-39-30)40-12-14-51-15-13-40)60-36(50)24(6)59-35(49)23(5)58-34(48)22(4)57-33(47)21(3)55-26(8)43/h19-24,27H,12-18H2,1-11H3/t19?,20?,21?,22?,23?,24?,27-/m0/s1. The Morgan fingerprint density at radius 3 is 1.48 bits per heavy atom. The maximum atomic E-state index is 13.6. The summed E-state index contributed by atoms with van der Waals surface area (Å²) in [5.41, 5.74) is -0.992. The van der Waals surface area contributed by atoms with Crippen molar-refractivity contribution in [3.8, 4) is 5.88 Å². The molecule has 23 nitrogen and oxygen atoms in total. The molecule has 0 N–H and O–H groups in total. The molecule has 2 rings (SSSR count). The minimum absolute atomic E-state index is 0.109. The summed E-state index contributed by atoms with van der Waals surface area (Å²) in [5.74, 6) is -8.27. The van der Waals surface area contributed by atoms with Crippen LogP contribution in [-0.4, -0.2) is 162 Å². The Bertz CT molecular complexity index is 1720. The van der Waals surface area contributed by atoms with Gasteiger partial charge in [0.2, 0.25) is 5.82 Å². The van der Waals surface area contributed by atoms with Crippen molar-refractivity contribution in [3.05, 3.63) is 0 Å². The Hall–Kier alpha value is -5.65. The lowest BCUT2D eigenvalue weighted by molar-refractivity contribution is -0.186. The summed E-state index contributed by atoms with van der Waals surface area (Å²) < 4.78 is 60.3. The van der Waals surface area contributed by atoms with Crippen LogP contribution < -0.4 is 9.64 Å². The number of amides is 1. The average Bonchev–Trinajstić information content (AvgIpc) is 3.65. The minimum atomic E-state index is -1.60. The number of carbonyl (C=O) groups is 9. The molecule has 0 spiro atoms. The first kappa shape index (κ1) is 51.5. The van der Waals surface area contributed by atoms with E-state index in [-0.39, 0.29) is 12.4 Å². The number of anilines is 1. The second-order valence-electron chi connectivity index (χ2n) is 14.5. The molecule has 0 bridgehead atoms. The van der Waals surface area contributed by atoms with Gasteiger partial charge in [-0.25, -0.2) is 28.8 Å². The molecule has 1 fully saturated rings. The van der Waals surface area contributed by atoms with Crippen molar-refractivity contribution in [1.29, 1.82) is 0 Å². The molecule has 0 radical (unpaired) electrons. The van der Waals surface area contributed by atoms with Crippen molar-refractivity contribution < 1.29 is 90.5 Å². The van der Waals surface area contributed by atoms with Crippen LogP contribution in [0.1, 0.15) is 76.2 Å². The minimum Gasteiger partial charge on any atom is -0.470 e. The molecule has 342 valence electrons. The Kier molecular flexibility index (Phi) is 20.2. The van der Waals surface area contributed by atoms with Gasteiger partial charge < -0.3 is 57.2 Å². The summed E-state index contributed by atoms with van der Waals surface area (Å²) in [5, 5.41) is 0. The van der Waals surface area contributed by atoms with Crippen LogP contribution in [0.25, 0.3) is 0 Å². The third-order valence-electron chi connectivity index (χ3n) is 8.13. The van der Waals surface area contributed by atoms with Crippen LogP contribution in [-0.2, 0) is 85.8 Å². The lowest BCUT2D eigenvalue weighted by atomic mass is 10.1. The normalized spacial score (nSPS) is 16.1. The van der Waals surface area contributed by atoms with Gasteiger partial charge in [0.15, 0.2) is 49.3 Å². The van der Waals surface area contributed by atoms with Crippen molar-refractivity contribution >= 4 is 71.2 Å². The van der Waals surface area contributed by atoms with Gasteiger partial charge in [-0.3, -0.25) is 14.4 Å². The number of esters is 8. The highest BCUT2D eigenvalue weighted by molar-refractivity contribution is 6.99. The summed E-state index contributed by atoms with van der Waals surface area (Å²) in [4.78, 5) is 115. The summed E-state index contributed by atoms with van der Waals surface area (Å²) in [6.07, 6.45) is -10.1. The van der Waals surface area contributed by atoms with E-state index in [1.165, 1.54) is 32.6 Å². The molecule has 2 heterocycles. The van der Waals surface area contributed by atoms with Gasteiger partial charge in [0.25, 0.3) is 11.8 Å². The van der Waals surface area contributed by atoms with E-state index in [1.54, 1.807) is 20.8 Å². The van der Waals surface area contributed by atoms with Crippen molar-refractivity contribution in [2.75, 3.05) is 51.0 Å². The molecular formula is C37H54N4O19S. The van der Waals surface area contributed by atoms with Crippen LogP contribution in [0.3, 0.4) is 0 Å². The third kappa shape index (κ3) is 17.5. The average molecular weight is 891 g/mol. The quantitative estimate of drug-likeness (QED) is 0.120. The first-order valence-corrected chi connectivity index (χ1v) is 19.8. The van der Waals surface area contributed by atoms with Crippen LogP contribution in [0, 0.1) is 0 Å². The predicted octanol–water partition coefficient (Wildman–Crippen LogP) is 0.466. The summed E-state index contributed by atoms with van der Waals surface area (Å²) >= 11 is 0.876. The highest BCUT2D eigenvalue weighted by Crippen LogP contribution is 2.27. The lowest BCUT2D eigenvalue weighted by Crippen LogP contribution is -2.53. The molecule has 7 atom stereocenters. The molecule has 1 aromatic heterocycles. The number of carbonyl (C=O) groups excluding carboxylic acids is 9. The summed E-state index contributed by atoms with van der Waals surface area (Å²) in [6, 6.07) is 0. The second kappa shape index (κ2) is 24.0. The van der Waals surface area contributed by atoms with Gasteiger partial charge in [0.1, 0.15) is 6.61 Å². The number of morpholine rings is 1. The van der Waals surface area contributed by atoms with E-state index in [9.17, 15) is 43.2 Å². The molecule has 1 saturated heterocycles. The molecule has 1 amide bonds. The largest absolute Gasteiger partial charge is 0.470 e. The molecule has 0 aromatic carbocycles. The first-order chi connectivity index (χ1) is 28.4. The molecule has 61 heavy (non-hydrogen) atoms. The van der Waals surface area contributed by atoms with Gasteiger partial charge in [-0.05, 0) is 62.3 Å². The van der Waals surface area contributed by atoms with Crippen molar-refractivity contribution in [2.45, 2.75) is 124 Å². The Morgan fingerprint density at radius 1 is 0.639 bits per heavy atom. The highest BCUT2D eigenvalue weighted by atomic mass is 32.1. The van der Waals surface area contributed by atoms with Crippen LogP contribution in [0.2, 0.25) is 0 Å². The number of nitrogens with zero attached hydrogens (tertiary/aromatic N) is 4. The summed E-state index contributed by atoms with van der Waals surface area (Å²) in [6.45, 7) is 14.6. The van der Waals surface area contributed by atoms with Crippen molar-refractivity contribution in [1.82, 2.24) is 13.6 Å². The van der Waals surface area contributed by atoms with Crippen LogP contribution in [0.4, 0.5) is 5.82 Å². The van der Waals surface area contributed by atoms with E-state index in [0.717, 1.165) is 39.4 Å². The topological polar surface area (TPSA) is 278 Å². The van der Waals surface area contributed by atoms with Gasteiger partial charge in [-0.1, -0.05) is 0 Å². The molecule has 1 aromatic rings. The van der Waals surface area contributed by atoms with Gasteiger partial charge in [0, 0.05) is 32.5 Å². The SMILES string of the molecule is CC(=O)OC(C)C(=O)OC(C)C(=O)OCC(=O)N(C[C@@H](COc1nsnc1N1CCOCC1)OC(=O)C(C)OC(=O)C(C)OC(=O)C(C)OC(=O)C(C)OC(C)=O)C(C)(C)C. The maximum absolute atomic E-state index is 13.6. The van der Waals surface area contributed by atoms with Gasteiger partial charge >= 0.3 is 47.8 Å². The Morgan fingerprint density at radius 2 is 1.05 bits per heavy atom. The number of hydrogen-bond donors (Lipinski definition) is 0. The highest BCUT2D eigenvalue weighted by Gasteiger charge is 2.35. The van der Waals surface area contributed by atoms with E-state index in [2.05, 4.69) is 8.75 Å². The van der Waals surface area contributed by atoms with E-state index in [0.29, 0.717) is 32.1 Å². The van der Waals surface area contributed by atoms with E-state index in [4.69, 9.17) is 47.4 Å². The van der Waals surface area contributed by atoms with Crippen molar-refractivity contribution in [3.63, 3.8) is 0 Å². The molecule has 0 aliphatic carbocycles. The zero-order chi connectivity index (χ0) is 46.2. The fourth-order valence-electron chi connectivity index (χ4n) is 4.94. The molecule has 1 aliphatic heterocycles. The monoisotopic (exact) mass is 890 g/mol. The van der Waals surface area contributed by atoms with E-state index < -0.39 is 115 Å². The second-order valence-corrected chi connectivity index (χ2v) is 15.0. The molecule has 0 saturated carbocycles. The van der Waals surface area contributed by atoms with Crippen LogP contribution in [0.15, 0.2) is 0 Å². The third-order valence-corrected chi connectivity index (χ3v) is 8.63. The molecule has 6 unspecified atom stereocenters. The molecular weight excluding hydrogens is 836 g/mol. The molecule has 1 aliphatic rings. The van der Waals surface area contributed by atoms with E-state index >= 15 is 0 Å². The van der Waals surface area contributed by atoms with Crippen LogP contribution >= 0.6 is 11.7 Å². The zero-order valence-corrected chi connectivity index (χ0v) is 36.8. The Balaban J connectivity index is 2.19. The Labute approximate surface area is 356 Å². The maximum Gasteiger partial charge on any atom is 0.347 e. The number of aromatic nitrogens is 2. The first-order valence-electron chi connectivity index (χ1n) is 19.0. The van der Waals surface area contributed by atoms with Crippen LogP contribution in [0.5, 0.6) is 5.88 Å². The van der Waals surface area contributed by atoms with E-state index in [1.807, 2.05) is 4.90 Å². The smallest absolute Gasteiger partial charge is 0.347 e. The fraction of sp³-hybridized carbons (Fsp3) is 0.703. The van der Waals surface area contributed by atoms with Gasteiger partial charge in [-0.15, -0.1) is 4.37 Å². The van der Waals surface area contributed by atoms with Gasteiger partial charge in [-0.2, -0.15) is 4.37 Å². The predicted molar refractivity (Wildman–Crippen MR) is 205 cm³/mol. The molecule has 24 heteroatoms. The number of ether oxygens (including phenoxy) is 10. The number of hydrogen-bond acceptors (Lipinski definition) is 23.